The molecule has 0 saturated carbocycles. The van der Waals surface area contributed by atoms with Gasteiger partial charge in [-0.15, -0.1) is 0 Å². The molecule has 1 aromatic carbocycles. The van der Waals surface area contributed by atoms with Gasteiger partial charge in [0.1, 0.15) is 5.69 Å². The molecular formula is C13H16N2O2S. The van der Waals surface area contributed by atoms with Crippen LogP contribution in [0.2, 0.25) is 0 Å². The van der Waals surface area contributed by atoms with Gasteiger partial charge in [-0.2, -0.15) is 0 Å². The molecule has 1 heterocycles. The molecule has 0 spiro atoms. The number of nitrogens with one attached hydrogen (secondary N) is 2. The largest absolute Gasteiger partial charge is 0.350 e. The molecule has 0 saturated heterocycles. The highest BCUT2D eigenvalue weighted by Gasteiger charge is 2.13. The fourth-order valence-corrected chi connectivity index (χ4v) is 2.30. The number of amides is 1. The van der Waals surface area contributed by atoms with Gasteiger partial charge in [0.05, 0.1) is 0 Å². The van der Waals surface area contributed by atoms with Crippen LogP contribution in [0.25, 0.3) is 10.9 Å². The third-order valence-electron chi connectivity index (χ3n) is 2.87. The number of para-hydroxylation sites is 1. The molecule has 1 aromatic heterocycles. The van der Waals surface area contributed by atoms with E-state index in [2.05, 4.69) is 10.3 Å². The zero-order valence-corrected chi connectivity index (χ0v) is 11.3. The Labute approximate surface area is 108 Å². The third-order valence-corrected chi connectivity index (χ3v) is 3.65. The van der Waals surface area contributed by atoms with Crippen LogP contribution in [-0.2, 0) is 10.8 Å². The maximum atomic E-state index is 12.0. The molecule has 1 atom stereocenters. The van der Waals surface area contributed by atoms with E-state index >= 15 is 0 Å². The van der Waals surface area contributed by atoms with Gasteiger partial charge in [-0.3, -0.25) is 9.00 Å². The normalized spacial score (nSPS) is 12.6. The van der Waals surface area contributed by atoms with Crippen molar-refractivity contribution in [3.63, 3.8) is 0 Å². The van der Waals surface area contributed by atoms with Crippen molar-refractivity contribution in [3.05, 3.63) is 35.5 Å². The second-order valence-electron chi connectivity index (χ2n) is 4.20. The first-order chi connectivity index (χ1) is 8.59. The number of carbonyl (C=O) groups excluding carboxylic acids is 1. The highest BCUT2D eigenvalue weighted by Crippen LogP contribution is 2.20. The van der Waals surface area contributed by atoms with Crippen LogP contribution >= 0.6 is 0 Å². The first-order valence-corrected chi connectivity index (χ1v) is 7.48. The fraction of sp³-hybridized carbons (Fsp3) is 0.308. The Morgan fingerprint density at radius 2 is 2.11 bits per heavy atom. The van der Waals surface area contributed by atoms with Crippen LogP contribution in [0.5, 0.6) is 0 Å². The fourth-order valence-electron chi connectivity index (χ4n) is 1.91. The Hall–Kier alpha value is -1.62. The van der Waals surface area contributed by atoms with E-state index in [9.17, 15) is 9.00 Å². The van der Waals surface area contributed by atoms with E-state index in [4.69, 9.17) is 0 Å². The highest BCUT2D eigenvalue weighted by atomic mass is 32.2. The van der Waals surface area contributed by atoms with Crippen molar-refractivity contribution in [2.45, 2.75) is 6.92 Å². The van der Waals surface area contributed by atoms with Crippen LogP contribution in [0.1, 0.15) is 16.1 Å². The first-order valence-electron chi connectivity index (χ1n) is 5.75. The van der Waals surface area contributed by atoms with E-state index in [1.54, 1.807) is 6.26 Å². The van der Waals surface area contributed by atoms with E-state index in [1.807, 2.05) is 31.2 Å². The van der Waals surface area contributed by atoms with Crippen molar-refractivity contribution in [2.75, 3.05) is 18.6 Å². The van der Waals surface area contributed by atoms with Crippen LogP contribution < -0.4 is 5.32 Å². The number of aryl methyl sites for hydroxylation is 1. The topological polar surface area (TPSA) is 62.0 Å². The lowest BCUT2D eigenvalue weighted by Gasteiger charge is -2.03. The molecule has 2 aromatic rings. The lowest BCUT2D eigenvalue weighted by molar-refractivity contribution is 0.0951. The number of carbonyl (C=O) groups is 1. The van der Waals surface area contributed by atoms with Gasteiger partial charge in [-0.05, 0) is 18.6 Å². The number of hydrogen-bond donors (Lipinski definition) is 2. The van der Waals surface area contributed by atoms with E-state index in [1.165, 1.54) is 0 Å². The number of aromatic nitrogens is 1. The second kappa shape index (κ2) is 5.35. The average molecular weight is 264 g/mol. The average Bonchev–Trinajstić information content (AvgIpc) is 2.67. The van der Waals surface area contributed by atoms with Gasteiger partial charge in [0, 0.05) is 40.3 Å². The molecule has 0 aliphatic rings. The lowest BCUT2D eigenvalue weighted by Crippen LogP contribution is -2.28. The van der Waals surface area contributed by atoms with Crippen LogP contribution in [0.4, 0.5) is 0 Å². The molecule has 1 amide bonds. The van der Waals surface area contributed by atoms with Gasteiger partial charge in [-0.1, -0.05) is 18.2 Å². The molecule has 0 aliphatic carbocycles. The number of benzene rings is 1. The Bertz CT molecular complexity index is 604. The first kappa shape index (κ1) is 12.8. The van der Waals surface area contributed by atoms with Crippen LogP contribution in [0, 0.1) is 6.92 Å². The number of hydrogen-bond acceptors (Lipinski definition) is 2. The summed E-state index contributed by atoms with van der Waals surface area (Å²) in [6, 6.07) is 7.81. The van der Waals surface area contributed by atoms with Gasteiger partial charge in [0.15, 0.2) is 0 Å². The molecule has 0 aliphatic heterocycles. The minimum absolute atomic E-state index is 0.144. The SMILES string of the molecule is Cc1c(C(=O)NCC[S@](C)=O)[nH]c2ccccc12. The summed E-state index contributed by atoms with van der Waals surface area (Å²) in [4.78, 5) is 15.1. The molecule has 2 N–H and O–H groups in total. The van der Waals surface area contributed by atoms with E-state index in [0.717, 1.165) is 16.5 Å². The summed E-state index contributed by atoms with van der Waals surface area (Å²) in [5, 5.41) is 3.83. The van der Waals surface area contributed by atoms with Crippen molar-refractivity contribution in [1.29, 1.82) is 0 Å². The summed E-state index contributed by atoms with van der Waals surface area (Å²) in [6.07, 6.45) is 1.63. The third kappa shape index (κ3) is 2.61. The summed E-state index contributed by atoms with van der Waals surface area (Å²) in [5.74, 6) is 0.333. The number of rotatable bonds is 4. The number of fused-ring (bicyclic) bond motifs is 1. The Kier molecular flexibility index (Phi) is 3.81. The smallest absolute Gasteiger partial charge is 0.268 e. The lowest BCUT2D eigenvalue weighted by atomic mass is 10.1. The quantitative estimate of drug-likeness (QED) is 0.881. The van der Waals surface area contributed by atoms with Crippen molar-refractivity contribution in [1.82, 2.24) is 10.3 Å². The standard InChI is InChI=1S/C13H16N2O2S/c1-9-10-5-3-4-6-11(10)15-12(9)13(16)14-7-8-18(2)17/h3-6,15H,7-8H2,1-2H3,(H,14,16)/t18-/m0/s1. The molecule has 0 radical (unpaired) electrons. The van der Waals surface area contributed by atoms with Gasteiger partial charge >= 0.3 is 0 Å². The van der Waals surface area contributed by atoms with Crippen molar-refractivity contribution >= 4 is 27.6 Å². The predicted molar refractivity (Wildman–Crippen MR) is 74.3 cm³/mol. The number of aromatic amines is 1. The zero-order valence-electron chi connectivity index (χ0n) is 10.4. The van der Waals surface area contributed by atoms with Gasteiger partial charge in [0.25, 0.3) is 5.91 Å². The molecule has 96 valence electrons. The highest BCUT2D eigenvalue weighted by molar-refractivity contribution is 7.84. The van der Waals surface area contributed by atoms with Gasteiger partial charge in [0.2, 0.25) is 0 Å². The van der Waals surface area contributed by atoms with Crippen LogP contribution in [-0.4, -0.2) is 33.7 Å². The molecule has 0 unspecified atom stereocenters. The van der Waals surface area contributed by atoms with Gasteiger partial charge in [-0.25, -0.2) is 0 Å². The minimum Gasteiger partial charge on any atom is -0.350 e. The summed E-state index contributed by atoms with van der Waals surface area (Å²) < 4.78 is 10.9. The van der Waals surface area contributed by atoms with E-state index in [0.29, 0.717) is 18.0 Å². The molecular weight excluding hydrogens is 248 g/mol. The molecule has 0 fully saturated rings. The van der Waals surface area contributed by atoms with E-state index < -0.39 is 10.8 Å². The Morgan fingerprint density at radius 1 is 1.39 bits per heavy atom. The second-order valence-corrected chi connectivity index (χ2v) is 5.76. The monoisotopic (exact) mass is 264 g/mol. The number of H-pyrrole nitrogens is 1. The molecule has 18 heavy (non-hydrogen) atoms. The van der Waals surface area contributed by atoms with Gasteiger partial charge < -0.3 is 10.3 Å². The Morgan fingerprint density at radius 3 is 2.78 bits per heavy atom. The maximum Gasteiger partial charge on any atom is 0.268 e. The molecule has 2 rings (SSSR count). The summed E-state index contributed by atoms with van der Waals surface area (Å²) in [6.45, 7) is 2.35. The van der Waals surface area contributed by atoms with Crippen molar-refractivity contribution < 1.29 is 9.00 Å². The molecule has 4 nitrogen and oxygen atoms in total. The summed E-state index contributed by atoms with van der Waals surface area (Å²) in [5.41, 5.74) is 2.48. The maximum absolute atomic E-state index is 12.0. The molecule has 5 heteroatoms. The van der Waals surface area contributed by atoms with Crippen molar-refractivity contribution in [3.8, 4) is 0 Å². The van der Waals surface area contributed by atoms with Crippen LogP contribution in [0.3, 0.4) is 0 Å². The Balaban J connectivity index is 2.17. The predicted octanol–water partition coefficient (Wildman–Crippen LogP) is 1.58. The van der Waals surface area contributed by atoms with Crippen LogP contribution in [0.15, 0.2) is 24.3 Å². The van der Waals surface area contributed by atoms with E-state index in [-0.39, 0.29) is 5.91 Å². The molecule has 0 bridgehead atoms. The minimum atomic E-state index is -0.883. The summed E-state index contributed by atoms with van der Waals surface area (Å²) >= 11 is 0. The van der Waals surface area contributed by atoms with Crippen molar-refractivity contribution in [2.24, 2.45) is 0 Å². The summed E-state index contributed by atoms with van der Waals surface area (Å²) in [7, 11) is -0.883. The zero-order chi connectivity index (χ0) is 13.1.